The number of tetrazole rings is 2. The molecule has 0 aromatic carbocycles. The van der Waals surface area contributed by atoms with Crippen molar-refractivity contribution in [2.24, 2.45) is 0 Å². The molecule has 3 aromatic rings. The lowest BCUT2D eigenvalue weighted by molar-refractivity contribution is -0.688. The van der Waals surface area contributed by atoms with Crippen LogP contribution in [0.4, 0.5) is 0 Å². The van der Waals surface area contributed by atoms with Crippen molar-refractivity contribution in [3.05, 3.63) is 30.4 Å². The van der Waals surface area contributed by atoms with Crippen LogP contribution in [0.1, 0.15) is 11.6 Å². The summed E-state index contributed by atoms with van der Waals surface area (Å²) < 4.78 is 3.96. The van der Waals surface area contributed by atoms with Crippen molar-refractivity contribution in [3.8, 4) is 0 Å². The average Bonchev–Trinajstić information content (AvgIpc) is 3.09. The Morgan fingerprint density at radius 3 is 2.61 bits per heavy atom. The maximum Gasteiger partial charge on any atom is 0.244 e. The lowest BCUT2D eigenvalue weighted by Crippen LogP contribution is -2.32. The summed E-state index contributed by atoms with van der Waals surface area (Å²) in [6.45, 7) is 1.31. The van der Waals surface area contributed by atoms with E-state index < -0.39 is 0 Å². The molecule has 0 radical (unpaired) electrons. The molecule has 0 saturated carbocycles. The molecular formula is C8H9N10-. The lowest BCUT2D eigenvalue weighted by atomic mass is 10.4. The molecule has 10 nitrogen and oxygen atoms in total. The molecule has 0 amide bonds. The van der Waals surface area contributed by atoms with Crippen LogP contribution in [0.25, 0.3) is 0 Å². The van der Waals surface area contributed by atoms with E-state index in [0.717, 1.165) is 6.54 Å². The zero-order valence-electron chi connectivity index (χ0n) is 9.33. The molecule has 0 atom stereocenters. The minimum atomic E-state index is 0.552. The normalized spacial score (nSPS) is 10.9. The molecule has 0 saturated heterocycles. The number of aryl methyl sites for hydroxylation is 2. The summed E-state index contributed by atoms with van der Waals surface area (Å²) in [7, 11) is 0. The summed E-state index contributed by atoms with van der Waals surface area (Å²) in [5.41, 5.74) is 0. The van der Waals surface area contributed by atoms with Crippen LogP contribution >= 0.6 is 0 Å². The Morgan fingerprint density at radius 1 is 1.11 bits per heavy atom. The monoisotopic (exact) mass is 245 g/mol. The van der Waals surface area contributed by atoms with E-state index in [2.05, 4.69) is 41.2 Å². The molecule has 0 N–H and O–H groups in total. The van der Waals surface area contributed by atoms with Crippen molar-refractivity contribution in [1.82, 2.24) is 45.8 Å². The Kier molecular flexibility index (Phi) is 2.74. The largest absolute Gasteiger partial charge is 0.335 e. The van der Waals surface area contributed by atoms with E-state index in [4.69, 9.17) is 0 Å². The van der Waals surface area contributed by atoms with Gasteiger partial charge in [0.2, 0.25) is 6.33 Å². The van der Waals surface area contributed by atoms with Gasteiger partial charge < -0.3 is 10.2 Å². The molecule has 3 aromatic heterocycles. The highest BCUT2D eigenvalue weighted by Gasteiger charge is 2.04. The molecule has 0 aliphatic heterocycles. The number of hydrogen-bond donors (Lipinski definition) is 0. The van der Waals surface area contributed by atoms with Gasteiger partial charge in [0.25, 0.3) is 0 Å². The maximum absolute atomic E-state index is 3.77. The summed E-state index contributed by atoms with van der Waals surface area (Å²) in [4.78, 5) is 0. The quantitative estimate of drug-likeness (QED) is 0.448. The first-order valence-electron chi connectivity index (χ1n) is 5.30. The van der Waals surface area contributed by atoms with Gasteiger partial charge in [-0.1, -0.05) is 0 Å². The minimum absolute atomic E-state index is 0.552. The number of nitrogens with zero attached hydrogens (tertiary/aromatic N) is 10. The van der Waals surface area contributed by atoms with Crippen LogP contribution in [-0.2, 0) is 19.5 Å². The first kappa shape index (κ1) is 10.5. The second-order valence-electron chi connectivity index (χ2n) is 3.66. The van der Waals surface area contributed by atoms with Crippen LogP contribution in [0, 0.1) is 0 Å². The van der Waals surface area contributed by atoms with Gasteiger partial charge in [-0.15, -0.1) is 0 Å². The molecule has 18 heavy (non-hydrogen) atoms. The number of aromatic nitrogens is 10. The van der Waals surface area contributed by atoms with Crippen LogP contribution in [0.15, 0.2) is 18.7 Å². The molecule has 0 fully saturated rings. The van der Waals surface area contributed by atoms with Crippen LogP contribution in [0.5, 0.6) is 0 Å². The van der Waals surface area contributed by atoms with Gasteiger partial charge in [-0.2, -0.15) is 10.4 Å². The SMILES string of the molecule is c1c[n+](Cc2nnn[n-]2)cn1CCc1nnn[n-]1. The molecule has 0 aliphatic carbocycles. The van der Waals surface area contributed by atoms with Crippen LogP contribution < -0.4 is 14.8 Å². The Labute approximate surface area is 101 Å². The molecule has 0 unspecified atom stereocenters. The van der Waals surface area contributed by atoms with Crippen molar-refractivity contribution < 1.29 is 4.57 Å². The summed E-state index contributed by atoms with van der Waals surface area (Å²) in [6.07, 6.45) is 6.52. The highest BCUT2D eigenvalue weighted by Crippen LogP contribution is 1.92. The molecule has 92 valence electrons. The predicted octanol–water partition coefficient (Wildman–Crippen LogP) is -2.65. The average molecular weight is 245 g/mol. The van der Waals surface area contributed by atoms with Crippen LogP contribution in [0.3, 0.4) is 0 Å². The predicted molar refractivity (Wildman–Crippen MR) is 53.7 cm³/mol. The third-order valence-corrected chi connectivity index (χ3v) is 2.38. The molecule has 3 rings (SSSR count). The van der Waals surface area contributed by atoms with E-state index in [1.807, 2.05) is 27.9 Å². The van der Waals surface area contributed by atoms with E-state index in [0.29, 0.717) is 24.6 Å². The fourth-order valence-electron chi connectivity index (χ4n) is 1.55. The topological polar surface area (TPSA) is 114 Å². The summed E-state index contributed by atoms with van der Waals surface area (Å²) >= 11 is 0. The van der Waals surface area contributed by atoms with Crippen molar-refractivity contribution >= 4 is 0 Å². The van der Waals surface area contributed by atoms with E-state index in [9.17, 15) is 0 Å². The molecule has 3 heterocycles. The van der Waals surface area contributed by atoms with E-state index >= 15 is 0 Å². The van der Waals surface area contributed by atoms with Crippen molar-refractivity contribution in [3.63, 3.8) is 0 Å². The number of rotatable bonds is 5. The Balaban J connectivity index is 1.59. The Bertz CT molecular complexity index is 579. The third-order valence-electron chi connectivity index (χ3n) is 2.38. The highest BCUT2D eigenvalue weighted by atomic mass is 15.5. The summed E-state index contributed by atoms with van der Waals surface area (Å²) in [5, 5.41) is 28.8. The van der Waals surface area contributed by atoms with Gasteiger partial charge in [0.1, 0.15) is 18.9 Å². The number of hydrogen-bond acceptors (Lipinski definition) is 6. The van der Waals surface area contributed by atoms with Gasteiger partial charge in [0.15, 0.2) is 0 Å². The second kappa shape index (κ2) is 4.69. The standard InChI is InChI=1S/C8H9N10/c1(7-9-13-14-10-7)2-17-3-4-18(6-17)5-8-11-15-16-12-8/h3-4,6H,1-2,5H2/q-1. The number of imidazole rings is 1. The molecular weight excluding hydrogens is 236 g/mol. The summed E-state index contributed by atoms with van der Waals surface area (Å²) in [5.74, 6) is 1.23. The van der Waals surface area contributed by atoms with Crippen molar-refractivity contribution in [1.29, 1.82) is 0 Å². The lowest BCUT2D eigenvalue weighted by Gasteiger charge is -1.97. The van der Waals surface area contributed by atoms with Crippen LogP contribution in [0.2, 0.25) is 0 Å². The van der Waals surface area contributed by atoms with E-state index in [-0.39, 0.29) is 0 Å². The zero-order chi connectivity index (χ0) is 12.2. The van der Waals surface area contributed by atoms with Gasteiger partial charge in [0.05, 0.1) is 12.4 Å². The smallest absolute Gasteiger partial charge is 0.244 e. The molecule has 0 bridgehead atoms. The minimum Gasteiger partial charge on any atom is -0.335 e. The third kappa shape index (κ3) is 2.36. The van der Waals surface area contributed by atoms with E-state index in [1.165, 1.54) is 0 Å². The molecule has 0 spiro atoms. The first-order chi connectivity index (χ1) is 8.90. The van der Waals surface area contributed by atoms with E-state index in [1.54, 1.807) is 0 Å². The van der Waals surface area contributed by atoms with Gasteiger partial charge in [-0.25, -0.2) is 9.13 Å². The molecule has 10 heteroatoms. The maximum atomic E-state index is 3.77. The molecule has 0 aliphatic rings. The fourth-order valence-corrected chi connectivity index (χ4v) is 1.55. The summed E-state index contributed by atoms with van der Waals surface area (Å²) in [6, 6.07) is 0. The Hall–Kier alpha value is -2.65. The zero-order valence-corrected chi connectivity index (χ0v) is 9.33. The van der Waals surface area contributed by atoms with Crippen molar-refractivity contribution in [2.75, 3.05) is 0 Å². The van der Waals surface area contributed by atoms with Gasteiger partial charge in [-0.05, 0) is 0 Å². The van der Waals surface area contributed by atoms with Gasteiger partial charge in [0, 0.05) is 12.2 Å². The first-order valence-corrected chi connectivity index (χ1v) is 5.30. The van der Waals surface area contributed by atoms with Crippen LogP contribution in [-0.4, -0.2) is 35.6 Å². The second-order valence-corrected chi connectivity index (χ2v) is 3.66. The van der Waals surface area contributed by atoms with Crippen molar-refractivity contribution in [2.45, 2.75) is 19.5 Å². The van der Waals surface area contributed by atoms with Gasteiger partial charge >= 0.3 is 0 Å². The highest BCUT2D eigenvalue weighted by molar-refractivity contribution is 4.78. The fraction of sp³-hybridized carbons (Fsp3) is 0.375. The Morgan fingerprint density at radius 2 is 1.89 bits per heavy atom. The van der Waals surface area contributed by atoms with Gasteiger partial charge in [-0.3, -0.25) is 20.6 Å².